The highest BCUT2D eigenvalue weighted by molar-refractivity contribution is 9.10. The van der Waals surface area contributed by atoms with E-state index in [1.807, 2.05) is 62.4 Å². The van der Waals surface area contributed by atoms with Gasteiger partial charge in [0.1, 0.15) is 5.82 Å². The number of carbonyl (C=O) groups excluding carboxylic acids is 1. The molecule has 4 aromatic rings. The molecule has 0 aliphatic heterocycles. The Morgan fingerprint density at radius 1 is 1.10 bits per heavy atom. The van der Waals surface area contributed by atoms with Gasteiger partial charge in [-0.25, -0.2) is 4.98 Å². The lowest BCUT2D eigenvalue weighted by molar-refractivity contribution is -0.118. The van der Waals surface area contributed by atoms with Crippen LogP contribution in [0.5, 0.6) is 11.5 Å². The number of benzene rings is 3. The van der Waals surface area contributed by atoms with Crippen LogP contribution in [0.25, 0.3) is 10.9 Å². The van der Waals surface area contributed by atoms with E-state index >= 15 is 0 Å². The molecule has 1 aromatic heterocycles. The summed E-state index contributed by atoms with van der Waals surface area (Å²) in [5.74, 6) is 1.48. The van der Waals surface area contributed by atoms with Crippen LogP contribution in [0.2, 0.25) is 0 Å². The Kier molecular flexibility index (Phi) is 9.14. The third-order valence-electron chi connectivity index (χ3n) is 7.09. The number of aryl methyl sites for hydroxylation is 1. The molecular weight excluding hydrogens is 584 g/mol. The molecule has 1 saturated carbocycles. The molecule has 3 aromatic carbocycles. The maximum Gasteiger partial charge on any atom is 0.282 e. The van der Waals surface area contributed by atoms with E-state index in [9.17, 15) is 9.59 Å². The number of halogens is 1. The summed E-state index contributed by atoms with van der Waals surface area (Å²) in [4.78, 5) is 30.9. The van der Waals surface area contributed by atoms with E-state index in [1.165, 1.54) is 11.1 Å². The van der Waals surface area contributed by atoms with Gasteiger partial charge in [0.2, 0.25) is 0 Å². The van der Waals surface area contributed by atoms with Gasteiger partial charge in [-0.15, -0.1) is 0 Å². The van der Waals surface area contributed by atoms with Crippen LogP contribution in [0.3, 0.4) is 0 Å². The number of anilines is 1. The van der Waals surface area contributed by atoms with Crippen molar-refractivity contribution in [2.24, 2.45) is 5.10 Å². The molecule has 1 fully saturated rings. The summed E-state index contributed by atoms with van der Waals surface area (Å²) < 4.78 is 13.8. The SMILES string of the molecule is CCOc1cc(C=Nn2c(C3CCCCC3)nc3ccccc3c2=O)cc(Br)c1OCC(=O)Nc1ccc(C)cc1. The lowest BCUT2D eigenvalue weighted by atomic mass is 9.88. The number of fused-ring (bicyclic) bond motifs is 1. The van der Waals surface area contributed by atoms with Gasteiger partial charge in [0.15, 0.2) is 18.1 Å². The van der Waals surface area contributed by atoms with Crippen LogP contribution in [0.15, 0.2) is 75.0 Å². The summed E-state index contributed by atoms with van der Waals surface area (Å²) >= 11 is 3.56. The second-order valence-corrected chi connectivity index (χ2v) is 11.0. The van der Waals surface area contributed by atoms with E-state index < -0.39 is 0 Å². The molecule has 1 amide bonds. The first-order valence-corrected chi connectivity index (χ1v) is 14.7. The highest BCUT2D eigenvalue weighted by Gasteiger charge is 2.22. The zero-order valence-corrected chi connectivity index (χ0v) is 24.8. The molecule has 1 aliphatic carbocycles. The predicted octanol–water partition coefficient (Wildman–Crippen LogP) is 6.81. The number of nitrogens with zero attached hydrogens (tertiary/aromatic N) is 3. The van der Waals surface area contributed by atoms with Crippen molar-refractivity contribution in [3.63, 3.8) is 0 Å². The quantitative estimate of drug-likeness (QED) is 0.208. The summed E-state index contributed by atoms with van der Waals surface area (Å²) in [6, 6.07) is 18.6. The molecular formula is C32H33BrN4O4. The number of para-hydroxylation sites is 1. The number of amides is 1. The highest BCUT2D eigenvalue weighted by atomic mass is 79.9. The molecule has 8 nitrogen and oxygen atoms in total. The lowest BCUT2D eigenvalue weighted by Gasteiger charge is -2.22. The molecule has 1 N–H and O–H groups in total. The average Bonchev–Trinajstić information content (AvgIpc) is 2.98. The lowest BCUT2D eigenvalue weighted by Crippen LogP contribution is -2.25. The molecule has 0 unspecified atom stereocenters. The van der Waals surface area contributed by atoms with Gasteiger partial charge in [-0.3, -0.25) is 9.59 Å². The van der Waals surface area contributed by atoms with E-state index in [0.717, 1.165) is 31.2 Å². The zero-order valence-electron chi connectivity index (χ0n) is 23.2. The number of aromatic nitrogens is 2. The number of ether oxygens (including phenoxy) is 2. The summed E-state index contributed by atoms with van der Waals surface area (Å²) in [5, 5.41) is 8.00. The van der Waals surface area contributed by atoms with Crippen molar-refractivity contribution >= 4 is 44.6 Å². The Bertz CT molecular complexity index is 1630. The molecule has 0 spiro atoms. The molecule has 0 atom stereocenters. The summed E-state index contributed by atoms with van der Waals surface area (Å²) in [5.41, 5.74) is 3.02. The van der Waals surface area contributed by atoms with Crippen LogP contribution in [0, 0.1) is 6.92 Å². The fourth-order valence-corrected chi connectivity index (χ4v) is 5.61. The van der Waals surface area contributed by atoms with Gasteiger partial charge in [-0.1, -0.05) is 49.1 Å². The number of carbonyl (C=O) groups is 1. The molecule has 1 aliphatic rings. The van der Waals surface area contributed by atoms with Gasteiger partial charge in [0.05, 0.1) is 28.2 Å². The Morgan fingerprint density at radius 2 is 1.85 bits per heavy atom. The van der Waals surface area contributed by atoms with Crippen LogP contribution in [0.4, 0.5) is 5.69 Å². The molecule has 212 valence electrons. The van der Waals surface area contributed by atoms with Crippen molar-refractivity contribution < 1.29 is 14.3 Å². The topological polar surface area (TPSA) is 94.8 Å². The van der Waals surface area contributed by atoms with Gasteiger partial charge in [-0.05, 0) is 84.6 Å². The third kappa shape index (κ3) is 6.85. The second-order valence-electron chi connectivity index (χ2n) is 10.1. The van der Waals surface area contributed by atoms with E-state index in [2.05, 4.69) is 26.3 Å². The summed E-state index contributed by atoms with van der Waals surface area (Å²) in [6.07, 6.45) is 7.05. The van der Waals surface area contributed by atoms with Crippen molar-refractivity contribution in [3.05, 3.63) is 92.4 Å². The molecule has 0 saturated heterocycles. The van der Waals surface area contributed by atoms with E-state index in [-0.39, 0.29) is 24.0 Å². The van der Waals surface area contributed by atoms with Crippen molar-refractivity contribution in [1.82, 2.24) is 9.66 Å². The monoisotopic (exact) mass is 616 g/mol. The minimum atomic E-state index is -0.285. The fourth-order valence-electron chi connectivity index (χ4n) is 5.04. The second kappa shape index (κ2) is 13.1. The van der Waals surface area contributed by atoms with Crippen LogP contribution >= 0.6 is 15.9 Å². The van der Waals surface area contributed by atoms with Gasteiger partial charge >= 0.3 is 0 Å². The Labute approximate surface area is 247 Å². The van der Waals surface area contributed by atoms with Crippen LogP contribution in [-0.4, -0.2) is 35.0 Å². The molecule has 5 rings (SSSR count). The van der Waals surface area contributed by atoms with E-state index in [4.69, 9.17) is 14.5 Å². The minimum Gasteiger partial charge on any atom is -0.490 e. The zero-order chi connectivity index (χ0) is 28.8. The molecule has 0 bridgehead atoms. The fraction of sp³-hybridized carbons (Fsp3) is 0.312. The van der Waals surface area contributed by atoms with Crippen molar-refractivity contribution in [2.45, 2.75) is 51.9 Å². The normalized spacial score (nSPS) is 13.9. The van der Waals surface area contributed by atoms with Gasteiger partial charge in [0, 0.05) is 11.6 Å². The van der Waals surface area contributed by atoms with E-state index in [0.29, 0.717) is 50.6 Å². The summed E-state index contributed by atoms with van der Waals surface area (Å²) in [7, 11) is 0. The number of hydrogen-bond acceptors (Lipinski definition) is 6. The first-order valence-electron chi connectivity index (χ1n) is 13.9. The van der Waals surface area contributed by atoms with Crippen molar-refractivity contribution in [1.29, 1.82) is 0 Å². The smallest absolute Gasteiger partial charge is 0.282 e. The molecule has 1 heterocycles. The van der Waals surface area contributed by atoms with Gasteiger partial charge < -0.3 is 14.8 Å². The minimum absolute atomic E-state index is 0.184. The van der Waals surface area contributed by atoms with Gasteiger partial charge in [0.25, 0.3) is 11.5 Å². The number of hydrogen-bond donors (Lipinski definition) is 1. The van der Waals surface area contributed by atoms with Crippen LogP contribution in [0.1, 0.15) is 61.9 Å². The highest BCUT2D eigenvalue weighted by Crippen LogP contribution is 2.37. The van der Waals surface area contributed by atoms with Crippen LogP contribution < -0.4 is 20.3 Å². The average molecular weight is 618 g/mol. The predicted molar refractivity (Wildman–Crippen MR) is 165 cm³/mol. The van der Waals surface area contributed by atoms with Crippen molar-refractivity contribution in [2.75, 3.05) is 18.5 Å². The van der Waals surface area contributed by atoms with Gasteiger partial charge in [-0.2, -0.15) is 9.78 Å². The Balaban J connectivity index is 1.41. The van der Waals surface area contributed by atoms with E-state index in [1.54, 1.807) is 18.3 Å². The summed E-state index contributed by atoms with van der Waals surface area (Å²) in [6.45, 7) is 4.07. The largest absolute Gasteiger partial charge is 0.490 e. The standard InChI is InChI=1S/C32H33BrN4O4/c1-3-40-28-18-22(17-26(33)30(28)41-20-29(38)35-24-15-13-21(2)14-16-24)19-34-37-31(23-9-5-4-6-10-23)36-27-12-8-7-11-25(27)32(37)39/h7-8,11-19,23H,3-6,9-10,20H2,1-2H3,(H,35,38). The number of rotatable bonds is 9. The maximum atomic E-state index is 13.5. The Morgan fingerprint density at radius 3 is 2.61 bits per heavy atom. The Hall–Kier alpha value is -3.98. The first-order chi connectivity index (χ1) is 19.9. The van der Waals surface area contributed by atoms with Crippen LogP contribution in [-0.2, 0) is 4.79 Å². The third-order valence-corrected chi connectivity index (χ3v) is 7.68. The maximum absolute atomic E-state index is 13.5. The number of nitrogens with one attached hydrogen (secondary N) is 1. The van der Waals surface area contributed by atoms with Crippen molar-refractivity contribution in [3.8, 4) is 11.5 Å². The molecule has 41 heavy (non-hydrogen) atoms. The molecule has 0 radical (unpaired) electrons. The molecule has 9 heteroatoms. The first kappa shape index (κ1) is 28.5.